The molecule has 0 N–H and O–H groups in total. The zero-order valence-corrected chi connectivity index (χ0v) is 12.1. The van der Waals surface area contributed by atoms with E-state index in [9.17, 15) is 0 Å². The van der Waals surface area contributed by atoms with E-state index in [-0.39, 0.29) is 0 Å². The summed E-state index contributed by atoms with van der Waals surface area (Å²) >= 11 is 0. The van der Waals surface area contributed by atoms with Gasteiger partial charge in [-0.25, -0.2) is 0 Å². The number of nitrogens with zero attached hydrogens (tertiary/aromatic N) is 1. The molecular formula is C17H25N. The summed E-state index contributed by atoms with van der Waals surface area (Å²) in [7, 11) is 0. The van der Waals surface area contributed by atoms with Crippen molar-refractivity contribution in [2.45, 2.75) is 40.0 Å². The third-order valence-electron chi connectivity index (χ3n) is 4.08. The molecule has 0 aliphatic carbocycles. The standard InChI is InChI=1S/C17H25N/c1-13-10-15(3)17(11-14(13)2)16(4)12-18-8-6-5-7-9-18/h10-11H,4-9,12H2,1-3H3. The monoisotopic (exact) mass is 243 g/mol. The Kier molecular flexibility index (Phi) is 4.23. The van der Waals surface area contributed by atoms with Gasteiger partial charge in [-0.1, -0.05) is 25.1 Å². The van der Waals surface area contributed by atoms with Crippen molar-refractivity contribution in [1.82, 2.24) is 4.90 Å². The van der Waals surface area contributed by atoms with Gasteiger partial charge in [-0.2, -0.15) is 0 Å². The van der Waals surface area contributed by atoms with E-state index in [1.165, 1.54) is 60.2 Å². The van der Waals surface area contributed by atoms with Gasteiger partial charge in [0.05, 0.1) is 0 Å². The second kappa shape index (κ2) is 5.71. The number of hydrogen-bond donors (Lipinski definition) is 0. The first-order valence-electron chi connectivity index (χ1n) is 7.06. The van der Waals surface area contributed by atoms with E-state index >= 15 is 0 Å². The maximum Gasteiger partial charge on any atom is 0.0233 e. The van der Waals surface area contributed by atoms with Gasteiger partial charge < -0.3 is 0 Å². The van der Waals surface area contributed by atoms with Crippen LogP contribution in [0.25, 0.3) is 5.57 Å². The van der Waals surface area contributed by atoms with Crippen LogP contribution in [0.15, 0.2) is 18.7 Å². The Morgan fingerprint density at radius 2 is 1.61 bits per heavy atom. The minimum Gasteiger partial charge on any atom is -0.299 e. The summed E-state index contributed by atoms with van der Waals surface area (Å²) in [4.78, 5) is 2.54. The van der Waals surface area contributed by atoms with E-state index < -0.39 is 0 Å². The van der Waals surface area contributed by atoms with Crippen LogP contribution in [-0.4, -0.2) is 24.5 Å². The Balaban J connectivity index is 2.10. The zero-order chi connectivity index (χ0) is 13.1. The first kappa shape index (κ1) is 13.4. The van der Waals surface area contributed by atoms with Crippen molar-refractivity contribution in [2.24, 2.45) is 0 Å². The quantitative estimate of drug-likeness (QED) is 0.772. The number of likely N-dealkylation sites (tertiary alicyclic amines) is 1. The van der Waals surface area contributed by atoms with Crippen molar-refractivity contribution in [1.29, 1.82) is 0 Å². The van der Waals surface area contributed by atoms with Gasteiger partial charge in [0.1, 0.15) is 0 Å². The average Bonchev–Trinajstić information content (AvgIpc) is 2.35. The molecule has 98 valence electrons. The highest BCUT2D eigenvalue weighted by Crippen LogP contribution is 2.23. The molecule has 0 saturated carbocycles. The lowest BCUT2D eigenvalue weighted by molar-refractivity contribution is 0.255. The van der Waals surface area contributed by atoms with E-state index in [0.717, 1.165) is 6.54 Å². The van der Waals surface area contributed by atoms with Crippen molar-refractivity contribution in [3.63, 3.8) is 0 Å². The minimum atomic E-state index is 1.03. The van der Waals surface area contributed by atoms with Gasteiger partial charge in [0.2, 0.25) is 0 Å². The van der Waals surface area contributed by atoms with Gasteiger partial charge in [-0.15, -0.1) is 0 Å². The van der Waals surface area contributed by atoms with Crippen molar-refractivity contribution >= 4 is 5.57 Å². The largest absolute Gasteiger partial charge is 0.299 e. The lowest BCUT2D eigenvalue weighted by Gasteiger charge is -2.27. The number of rotatable bonds is 3. The maximum absolute atomic E-state index is 4.31. The minimum absolute atomic E-state index is 1.03. The summed E-state index contributed by atoms with van der Waals surface area (Å²) in [6, 6.07) is 4.59. The predicted molar refractivity (Wildman–Crippen MR) is 80.0 cm³/mol. The molecule has 0 spiro atoms. The van der Waals surface area contributed by atoms with Gasteiger partial charge in [-0.05, 0) is 74.5 Å². The summed E-state index contributed by atoms with van der Waals surface area (Å²) < 4.78 is 0. The number of hydrogen-bond acceptors (Lipinski definition) is 1. The van der Waals surface area contributed by atoms with Crippen LogP contribution < -0.4 is 0 Å². The topological polar surface area (TPSA) is 3.24 Å². The van der Waals surface area contributed by atoms with Crippen LogP contribution in [0, 0.1) is 20.8 Å². The third kappa shape index (κ3) is 3.02. The lowest BCUT2D eigenvalue weighted by atomic mass is 9.95. The molecule has 0 unspecified atom stereocenters. The van der Waals surface area contributed by atoms with E-state index in [0.29, 0.717) is 0 Å². The first-order chi connectivity index (χ1) is 8.58. The van der Waals surface area contributed by atoms with Gasteiger partial charge in [0.15, 0.2) is 0 Å². The van der Waals surface area contributed by atoms with E-state index in [4.69, 9.17) is 0 Å². The van der Waals surface area contributed by atoms with Crippen LogP contribution in [0.5, 0.6) is 0 Å². The van der Waals surface area contributed by atoms with Crippen LogP contribution in [0.1, 0.15) is 41.5 Å². The van der Waals surface area contributed by atoms with E-state index in [1.54, 1.807) is 0 Å². The summed E-state index contributed by atoms with van der Waals surface area (Å²) in [6.45, 7) is 14.4. The van der Waals surface area contributed by atoms with Gasteiger partial charge >= 0.3 is 0 Å². The number of aryl methyl sites for hydroxylation is 3. The molecular weight excluding hydrogens is 218 g/mol. The van der Waals surface area contributed by atoms with Crippen LogP contribution in [0.4, 0.5) is 0 Å². The lowest BCUT2D eigenvalue weighted by Crippen LogP contribution is -2.31. The number of benzene rings is 1. The molecule has 1 aromatic carbocycles. The van der Waals surface area contributed by atoms with E-state index in [1.807, 2.05) is 0 Å². The van der Waals surface area contributed by atoms with E-state index in [2.05, 4.69) is 44.4 Å². The highest BCUT2D eigenvalue weighted by atomic mass is 15.1. The normalized spacial score (nSPS) is 16.8. The molecule has 1 nitrogen and oxygen atoms in total. The summed E-state index contributed by atoms with van der Waals surface area (Å²) in [5, 5.41) is 0. The fourth-order valence-electron chi connectivity index (χ4n) is 2.81. The SMILES string of the molecule is C=C(CN1CCCCC1)c1cc(C)c(C)cc1C. The molecule has 1 fully saturated rings. The number of piperidine rings is 1. The van der Waals surface area contributed by atoms with Crippen LogP contribution in [-0.2, 0) is 0 Å². The first-order valence-corrected chi connectivity index (χ1v) is 7.06. The Morgan fingerprint density at radius 1 is 1.00 bits per heavy atom. The molecule has 0 radical (unpaired) electrons. The molecule has 1 saturated heterocycles. The van der Waals surface area contributed by atoms with Gasteiger partial charge in [-0.3, -0.25) is 4.90 Å². The van der Waals surface area contributed by atoms with Crippen LogP contribution in [0.2, 0.25) is 0 Å². The zero-order valence-electron chi connectivity index (χ0n) is 12.1. The second-order valence-electron chi connectivity index (χ2n) is 5.69. The molecule has 0 amide bonds. The maximum atomic E-state index is 4.31. The van der Waals surface area contributed by atoms with Crippen molar-refractivity contribution in [3.8, 4) is 0 Å². The Bertz CT molecular complexity index is 439. The Morgan fingerprint density at radius 3 is 2.28 bits per heavy atom. The molecule has 1 aliphatic rings. The smallest absolute Gasteiger partial charge is 0.0233 e. The summed E-state index contributed by atoms with van der Waals surface area (Å²) in [5.41, 5.74) is 6.73. The molecule has 0 atom stereocenters. The van der Waals surface area contributed by atoms with Gasteiger partial charge in [0, 0.05) is 6.54 Å². The highest BCUT2D eigenvalue weighted by Gasteiger charge is 2.13. The molecule has 0 bridgehead atoms. The second-order valence-corrected chi connectivity index (χ2v) is 5.69. The average molecular weight is 243 g/mol. The van der Waals surface area contributed by atoms with Crippen LogP contribution in [0.3, 0.4) is 0 Å². The van der Waals surface area contributed by atoms with Gasteiger partial charge in [0.25, 0.3) is 0 Å². The predicted octanol–water partition coefficient (Wildman–Crippen LogP) is 4.11. The molecule has 2 rings (SSSR count). The fraction of sp³-hybridized carbons (Fsp3) is 0.529. The molecule has 1 aliphatic heterocycles. The summed E-state index contributed by atoms with van der Waals surface area (Å²) in [5.74, 6) is 0. The van der Waals surface area contributed by atoms with Crippen LogP contribution >= 0.6 is 0 Å². The molecule has 1 heteroatoms. The Labute approximate surface area is 112 Å². The highest BCUT2D eigenvalue weighted by molar-refractivity contribution is 5.68. The third-order valence-corrected chi connectivity index (χ3v) is 4.08. The molecule has 0 aromatic heterocycles. The summed E-state index contributed by atoms with van der Waals surface area (Å²) in [6.07, 6.45) is 4.09. The molecule has 1 aromatic rings. The molecule has 18 heavy (non-hydrogen) atoms. The van der Waals surface area contributed by atoms with Crippen molar-refractivity contribution in [3.05, 3.63) is 41.0 Å². The fourth-order valence-corrected chi connectivity index (χ4v) is 2.81. The van der Waals surface area contributed by atoms with Crippen molar-refractivity contribution < 1.29 is 0 Å². The Hall–Kier alpha value is -1.08. The van der Waals surface area contributed by atoms with Crippen molar-refractivity contribution in [2.75, 3.05) is 19.6 Å². The molecule has 1 heterocycles.